The number of benzene rings is 2. The van der Waals surface area contributed by atoms with E-state index in [4.69, 9.17) is 0 Å². The number of hydrogen-bond acceptors (Lipinski definition) is 2. The molecule has 0 aliphatic carbocycles. The maximum Gasteiger partial charge on any atom is 0.273 e. The van der Waals surface area contributed by atoms with Crippen LogP contribution in [-0.2, 0) is 0 Å². The summed E-state index contributed by atoms with van der Waals surface area (Å²) in [5, 5.41) is 6.03. The zero-order chi connectivity index (χ0) is 16.8. The van der Waals surface area contributed by atoms with E-state index in [-0.39, 0.29) is 5.91 Å². The van der Waals surface area contributed by atoms with E-state index >= 15 is 0 Å². The number of pyridine rings is 1. The average Bonchev–Trinajstić information content (AvgIpc) is 3.23. The summed E-state index contributed by atoms with van der Waals surface area (Å²) < 4.78 is 0. The van der Waals surface area contributed by atoms with Gasteiger partial charge >= 0.3 is 0 Å². The maximum absolute atomic E-state index is 12.5. The van der Waals surface area contributed by atoms with Gasteiger partial charge in [0.2, 0.25) is 0 Å². The molecule has 0 atom stereocenters. The second kappa shape index (κ2) is 5.21. The molecule has 0 aliphatic rings. The fourth-order valence-corrected chi connectivity index (χ4v) is 3.20. The van der Waals surface area contributed by atoms with Crippen LogP contribution in [0, 0.1) is 0 Å². The molecule has 5 heteroatoms. The number of amides is 1. The summed E-state index contributed by atoms with van der Waals surface area (Å²) in [6.45, 7) is 0. The number of nitrogens with one attached hydrogen (secondary N) is 3. The van der Waals surface area contributed by atoms with Crippen LogP contribution in [0.2, 0.25) is 0 Å². The first-order valence-corrected chi connectivity index (χ1v) is 8.03. The van der Waals surface area contributed by atoms with Crippen LogP contribution in [0.15, 0.2) is 66.9 Å². The van der Waals surface area contributed by atoms with Gasteiger partial charge in [-0.05, 0) is 24.3 Å². The van der Waals surface area contributed by atoms with Crippen LogP contribution in [0.1, 0.15) is 10.5 Å². The van der Waals surface area contributed by atoms with Crippen molar-refractivity contribution >= 4 is 44.4 Å². The molecule has 0 saturated heterocycles. The Balaban J connectivity index is 1.52. The normalized spacial score (nSPS) is 11.4. The topological polar surface area (TPSA) is 73.6 Å². The number of rotatable bonds is 2. The third-order valence-electron chi connectivity index (χ3n) is 4.41. The summed E-state index contributed by atoms with van der Waals surface area (Å²) in [6, 6.07) is 19.6. The monoisotopic (exact) mass is 326 g/mol. The molecule has 0 bridgehead atoms. The van der Waals surface area contributed by atoms with Crippen LogP contribution in [0.3, 0.4) is 0 Å². The highest BCUT2D eigenvalue weighted by atomic mass is 16.1. The lowest BCUT2D eigenvalue weighted by molar-refractivity contribution is 0.102. The van der Waals surface area contributed by atoms with Gasteiger partial charge in [-0.2, -0.15) is 0 Å². The van der Waals surface area contributed by atoms with Gasteiger partial charge in [0.15, 0.2) is 0 Å². The molecular weight excluding hydrogens is 312 g/mol. The van der Waals surface area contributed by atoms with E-state index in [1.807, 2.05) is 54.6 Å². The van der Waals surface area contributed by atoms with Gasteiger partial charge in [-0.25, -0.2) is 4.98 Å². The molecule has 0 aliphatic heterocycles. The molecule has 3 N–H and O–H groups in total. The molecular formula is C20H14N4O. The smallest absolute Gasteiger partial charge is 0.273 e. The minimum absolute atomic E-state index is 0.206. The molecule has 3 heterocycles. The molecule has 5 rings (SSSR count). The molecule has 0 radical (unpaired) electrons. The number of para-hydroxylation sites is 2. The number of aromatic amines is 2. The van der Waals surface area contributed by atoms with Crippen LogP contribution in [0.5, 0.6) is 0 Å². The number of nitrogens with zero attached hydrogens (tertiary/aromatic N) is 1. The van der Waals surface area contributed by atoms with E-state index < -0.39 is 0 Å². The van der Waals surface area contributed by atoms with Gasteiger partial charge in [0, 0.05) is 27.2 Å². The predicted octanol–water partition coefficient (Wildman–Crippen LogP) is 4.45. The Labute approximate surface area is 142 Å². The van der Waals surface area contributed by atoms with E-state index in [0.29, 0.717) is 11.5 Å². The van der Waals surface area contributed by atoms with Gasteiger partial charge in [-0.15, -0.1) is 0 Å². The van der Waals surface area contributed by atoms with Crippen molar-refractivity contribution in [3.05, 3.63) is 72.6 Å². The first kappa shape index (κ1) is 13.8. The van der Waals surface area contributed by atoms with Crippen LogP contribution >= 0.6 is 0 Å². The SMILES string of the molecule is O=C(Nc1cc2c(cn1)[nH]c1ccccc12)c1cc2ccccc2[nH]1. The fourth-order valence-electron chi connectivity index (χ4n) is 3.20. The molecule has 1 amide bonds. The number of hydrogen-bond donors (Lipinski definition) is 3. The fraction of sp³-hybridized carbons (Fsp3) is 0. The molecule has 0 spiro atoms. The number of aromatic nitrogens is 3. The standard InChI is InChI=1S/C20H14N4O/c25-20(17-9-12-5-1-3-7-15(12)22-17)24-19-10-14-13-6-2-4-8-16(13)23-18(14)11-21-19/h1-11,22-23H,(H,21,24,25). The van der Waals surface area contributed by atoms with Gasteiger partial charge < -0.3 is 15.3 Å². The Hall–Kier alpha value is -3.60. The van der Waals surface area contributed by atoms with Crippen molar-refractivity contribution in [1.82, 2.24) is 15.0 Å². The highest BCUT2D eigenvalue weighted by Crippen LogP contribution is 2.26. The molecule has 0 unspecified atom stereocenters. The lowest BCUT2D eigenvalue weighted by Crippen LogP contribution is -2.13. The highest BCUT2D eigenvalue weighted by Gasteiger charge is 2.12. The number of H-pyrrole nitrogens is 2. The lowest BCUT2D eigenvalue weighted by Gasteiger charge is -2.03. The number of carbonyl (C=O) groups excluding carboxylic acids is 1. The van der Waals surface area contributed by atoms with Crippen molar-refractivity contribution in [3.63, 3.8) is 0 Å². The van der Waals surface area contributed by atoms with Crippen molar-refractivity contribution in [2.24, 2.45) is 0 Å². The van der Waals surface area contributed by atoms with Crippen LogP contribution < -0.4 is 5.32 Å². The van der Waals surface area contributed by atoms with E-state index in [1.54, 1.807) is 6.20 Å². The molecule has 5 aromatic rings. The van der Waals surface area contributed by atoms with Gasteiger partial charge in [0.1, 0.15) is 11.5 Å². The zero-order valence-electron chi connectivity index (χ0n) is 13.2. The Morgan fingerprint density at radius 3 is 2.52 bits per heavy atom. The van der Waals surface area contributed by atoms with E-state index in [9.17, 15) is 4.79 Å². The van der Waals surface area contributed by atoms with Gasteiger partial charge in [0.05, 0.1) is 11.7 Å². The average molecular weight is 326 g/mol. The van der Waals surface area contributed by atoms with Crippen molar-refractivity contribution in [2.75, 3.05) is 5.32 Å². The largest absolute Gasteiger partial charge is 0.353 e. The Morgan fingerprint density at radius 1 is 0.840 bits per heavy atom. The lowest BCUT2D eigenvalue weighted by atomic mass is 10.2. The molecule has 0 fully saturated rings. The highest BCUT2D eigenvalue weighted by molar-refractivity contribution is 6.10. The minimum Gasteiger partial charge on any atom is -0.353 e. The molecule has 3 aromatic heterocycles. The molecule has 0 saturated carbocycles. The van der Waals surface area contributed by atoms with Crippen molar-refractivity contribution < 1.29 is 4.79 Å². The second-order valence-corrected chi connectivity index (χ2v) is 6.01. The molecule has 2 aromatic carbocycles. The molecule has 5 nitrogen and oxygen atoms in total. The third kappa shape index (κ3) is 2.25. The molecule has 25 heavy (non-hydrogen) atoms. The Bertz CT molecular complexity index is 1220. The number of anilines is 1. The van der Waals surface area contributed by atoms with Crippen molar-refractivity contribution in [2.45, 2.75) is 0 Å². The van der Waals surface area contributed by atoms with E-state index in [1.165, 1.54) is 0 Å². The third-order valence-corrected chi connectivity index (χ3v) is 4.41. The van der Waals surface area contributed by atoms with Gasteiger partial charge in [0.25, 0.3) is 5.91 Å². The van der Waals surface area contributed by atoms with E-state index in [2.05, 4.69) is 26.3 Å². The predicted molar refractivity (Wildman–Crippen MR) is 99.9 cm³/mol. The summed E-state index contributed by atoms with van der Waals surface area (Å²) >= 11 is 0. The summed E-state index contributed by atoms with van der Waals surface area (Å²) in [7, 11) is 0. The minimum atomic E-state index is -0.206. The van der Waals surface area contributed by atoms with Crippen LogP contribution in [0.4, 0.5) is 5.82 Å². The van der Waals surface area contributed by atoms with Crippen LogP contribution in [-0.4, -0.2) is 20.9 Å². The Kier molecular flexibility index (Phi) is 2.87. The maximum atomic E-state index is 12.5. The van der Waals surface area contributed by atoms with Crippen molar-refractivity contribution in [3.8, 4) is 0 Å². The first-order chi connectivity index (χ1) is 12.3. The Morgan fingerprint density at radius 2 is 1.64 bits per heavy atom. The van der Waals surface area contributed by atoms with E-state index in [0.717, 1.165) is 32.7 Å². The number of fused-ring (bicyclic) bond motifs is 4. The summed E-state index contributed by atoms with van der Waals surface area (Å²) in [5.41, 5.74) is 3.46. The number of carbonyl (C=O) groups is 1. The van der Waals surface area contributed by atoms with Gasteiger partial charge in [-0.3, -0.25) is 4.79 Å². The van der Waals surface area contributed by atoms with Gasteiger partial charge in [-0.1, -0.05) is 36.4 Å². The molecule has 120 valence electrons. The quantitative estimate of drug-likeness (QED) is 0.448. The summed E-state index contributed by atoms with van der Waals surface area (Å²) in [6.07, 6.45) is 1.75. The first-order valence-electron chi connectivity index (χ1n) is 8.03. The zero-order valence-corrected chi connectivity index (χ0v) is 13.2. The summed E-state index contributed by atoms with van der Waals surface area (Å²) in [4.78, 5) is 23.3. The second-order valence-electron chi connectivity index (χ2n) is 6.01. The summed E-state index contributed by atoms with van der Waals surface area (Å²) in [5.74, 6) is 0.323. The van der Waals surface area contributed by atoms with Crippen molar-refractivity contribution in [1.29, 1.82) is 0 Å². The van der Waals surface area contributed by atoms with Crippen LogP contribution in [0.25, 0.3) is 32.7 Å².